The van der Waals surface area contributed by atoms with Crippen molar-refractivity contribution in [2.75, 3.05) is 4.72 Å². The SMILES string of the molecule is CCC(C)NC(=O)c1ccccc1NS(=O)(=O)c1c(C)[nH]c(=O)[nH]c1=O. The number of nitrogens with one attached hydrogen (secondary N) is 4. The summed E-state index contributed by atoms with van der Waals surface area (Å²) in [6.45, 7) is 5.03. The van der Waals surface area contributed by atoms with E-state index >= 15 is 0 Å². The third kappa shape index (κ3) is 4.20. The summed E-state index contributed by atoms with van der Waals surface area (Å²) in [6.07, 6.45) is 0.714. The monoisotopic (exact) mass is 380 g/mol. The lowest BCUT2D eigenvalue weighted by molar-refractivity contribution is 0.0940. The van der Waals surface area contributed by atoms with Crippen molar-refractivity contribution in [3.8, 4) is 0 Å². The summed E-state index contributed by atoms with van der Waals surface area (Å²) in [6, 6.07) is 5.96. The fourth-order valence-corrected chi connectivity index (χ4v) is 3.60. The van der Waals surface area contributed by atoms with E-state index < -0.39 is 32.1 Å². The molecular formula is C16H20N4O5S. The van der Waals surface area contributed by atoms with Crippen molar-refractivity contribution in [2.45, 2.75) is 38.1 Å². The number of hydrogen-bond donors (Lipinski definition) is 4. The van der Waals surface area contributed by atoms with Gasteiger partial charge in [0.15, 0.2) is 4.90 Å². The Bertz CT molecular complexity index is 1040. The zero-order chi connectivity index (χ0) is 19.5. The Balaban J connectivity index is 2.45. The Morgan fingerprint density at radius 1 is 1.19 bits per heavy atom. The highest BCUT2D eigenvalue weighted by atomic mass is 32.2. The molecule has 0 saturated carbocycles. The van der Waals surface area contributed by atoms with Gasteiger partial charge in [-0.3, -0.25) is 19.3 Å². The van der Waals surface area contributed by atoms with Gasteiger partial charge in [0.2, 0.25) is 0 Å². The van der Waals surface area contributed by atoms with Crippen molar-refractivity contribution in [1.82, 2.24) is 15.3 Å². The van der Waals surface area contributed by atoms with Gasteiger partial charge in [-0.15, -0.1) is 0 Å². The molecule has 9 nitrogen and oxygen atoms in total. The summed E-state index contributed by atoms with van der Waals surface area (Å²) in [4.78, 5) is 39.0. The predicted molar refractivity (Wildman–Crippen MR) is 96.9 cm³/mol. The molecule has 0 aliphatic heterocycles. The highest BCUT2D eigenvalue weighted by Gasteiger charge is 2.24. The number of para-hydroxylation sites is 1. The van der Waals surface area contributed by atoms with E-state index in [1.54, 1.807) is 12.1 Å². The van der Waals surface area contributed by atoms with Crippen LogP contribution in [0.2, 0.25) is 0 Å². The second-order valence-electron chi connectivity index (χ2n) is 5.80. The van der Waals surface area contributed by atoms with E-state index in [-0.39, 0.29) is 23.0 Å². The summed E-state index contributed by atoms with van der Waals surface area (Å²) < 4.78 is 27.5. The molecule has 2 rings (SSSR count). The summed E-state index contributed by atoms with van der Waals surface area (Å²) in [5.74, 6) is -0.440. The molecular weight excluding hydrogens is 360 g/mol. The Kier molecular flexibility index (Phi) is 5.66. The van der Waals surface area contributed by atoms with Gasteiger partial charge in [-0.05, 0) is 32.4 Å². The fourth-order valence-electron chi connectivity index (χ4n) is 2.28. The van der Waals surface area contributed by atoms with Gasteiger partial charge in [0.25, 0.3) is 21.5 Å². The zero-order valence-electron chi connectivity index (χ0n) is 14.5. The van der Waals surface area contributed by atoms with E-state index in [4.69, 9.17) is 0 Å². The molecule has 1 heterocycles. The van der Waals surface area contributed by atoms with Crippen LogP contribution in [0.5, 0.6) is 0 Å². The molecule has 4 N–H and O–H groups in total. The van der Waals surface area contributed by atoms with Crippen molar-refractivity contribution < 1.29 is 13.2 Å². The van der Waals surface area contributed by atoms with Gasteiger partial charge in [0, 0.05) is 11.7 Å². The number of anilines is 1. The van der Waals surface area contributed by atoms with Gasteiger partial charge in [0.05, 0.1) is 11.3 Å². The van der Waals surface area contributed by atoms with Crippen LogP contribution in [0.3, 0.4) is 0 Å². The highest BCUT2D eigenvalue weighted by Crippen LogP contribution is 2.19. The van der Waals surface area contributed by atoms with Gasteiger partial charge in [-0.25, -0.2) is 13.2 Å². The van der Waals surface area contributed by atoms with Crippen LogP contribution in [0.15, 0.2) is 38.8 Å². The van der Waals surface area contributed by atoms with Crippen LogP contribution in [0.1, 0.15) is 36.3 Å². The van der Waals surface area contributed by atoms with Gasteiger partial charge in [-0.2, -0.15) is 0 Å². The van der Waals surface area contributed by atoms with Crippen LogP contribution < -0.4 is 21.3 Å². The molecule has 0 saturated heterocycles. The summed E-state index contributed by atoms with van der Waals surface area (Å²) in [7, 11) is -4.33. The first kappa shape index (κ1) is 19.4. The molecule has 26 heavy (non-hydrogen) atoms. The minimum atomic E-state index is -4.33. The van der Waals surface area contributed by atoms with Gasteiger partial charge in [-0.1, -0.05) is 19.1 Å². The van der Waals surface area contributed by atoms with E-state index in [0.29, 0.717) is 6.42 Å². The lowest BCUT2D eigenvalue weighted by Gasteiger charge is -2.15. The molecule has 0 spiro atoms. The molecule has 1 atom stereocenters. The molecule has 10 heteroatoms. The first-order chi connectivity index (χ1) is 12.2. The smallest absolute Gasteiger partial charge is 0.325 e. The molecule has 1 unspecified atom stereocenters. The Morgan fingerprint density at radius 3 is 2.46 bits per heavy atom. The van der Waals surface area contributed by atoms with Crippen LogP contribution in [0, 0.1) is 6.92 Å². The second kappa shape index (κ2) is 7.56. The predicted octanol–water partition coefficient (Wildman–Crippen LogP) is 0.701. The number of rotatable bonds is 6. The second-order valence-corrected chi connectivity index (χ2v) is 7.42. The van der Waals surface area contributed by atoms with Gasteiger partial charge >= 0.3 is 5.69 Å². The standard InChI is InChI=1S/C16H20N4O5S/c1-4-9(2)17-14(21)11-7-5-6-8-12(11)20-26(24,25)13-10(3)18-16(23)19-15(13)22/h5-9,20H,4H2,1-3H3,(H,17,21)(H2,18,19,22,23). The molecule has 1 aromatic heterocycles. The number of aromatic amines is 2. The zero-order valence-corrected chi connectivity index (χ0v) is 15.4. The summed E-state index contributed by atoms with van der Waals surface area (Å²) in [5, 5.41) is 2.75. The lowest BCUT2D eigenvalue weighted by atomic mass is 10.1. The van der Waals surface area contributed by atoms with Crippen molar-refractivity contribution >= 4 is 21.6 Å². The number of aromatic nitrogens is 2. The number of sulfonamides is 1. The maximum Gasteiger partial charge on any atom is 0.325 e. The van der Waals surface area contributed by atoms with Crippen molar-refractivity contribution in [3.63, 3.8) is 0 Å². The normalized spacial score (nSPS) is 12.4. The molecule has 1 amide bonds. The third-order valence-electron chi connectivity index (χ3n) is 3.75. The molecule has 140 valence electrons. The molecule has 0 radical (unpaired) electrons. The molecule has 0 aliphatic carbocycles. The average Bonchev–Trinajstić information content (AvgIpc) is 2.53. The number of aryl methyl sites for hydroxylation is 1. The van der Waals surface area contributed by atoms with Crippen LogP contribution in [-0.4, -0.2) is 30.3 Å². The minimum Gasteiger partial charge on any atom is -0.350 e. The Labute approximate surface area is 149 Å². The molecule has 1 aromatic carbocycles. The molecule has 0 bridgehead atoms. The first-order valence-corrected chi connectivity index (χ1v) is 9.40. The van der Waals surface area contributed by atoms with E-state index in [1.165, 1.54) is 19.1 Å². The number of carbonyl (C=O) groups excluding carboxylic acids is 1. The number of carbonyl (C=O) groups is 1. The molecule has 0 fully saturated rings. The summed E-state index contributed by atoms with van der Waals surface area (Å²) >= 11 is 0. The van der Waals surface area contributed by atoms with E-state index in [1.807, 2.05) is 18.8 Å². The van der Waals surface area contributed by atoms with Crippen LogP contribution in [0.25, 0.3) is 0 Å². The number of amides is 1. The molecule has 2 aromatic rings. The largest absolute Gasteiger partial charge is 0.350 e. The van der Waals surface area contributed by atoms with Crippen molar-refractivity contribution in [3.05, 3.63) is 56.4 Å². The van der Waals surface area contributed by atoms with Gasteiger partial charge < -0.3 is 10.3 Å². The lowest BCUT2D eigenvalue weighted by Crippen LogP contribution is -2.34. The van der Waals surface area contributed by atoms with Crippen LogP contribution in [0.4, 0.5) is 5.69 Å². The highest BCUT2D eigenvalue weighted by molar-refractivity contribution is 7.92. The first-order valence-electron chi connectivity index (χ1n) is 7.91. The number of benzene rings is 1. The maximum atomic E-state index is 12.6. The average molecular weight is 380 g/mol. The molecule has 0 aliphatic rings. The minimum absolute atomic E-state index is 0.0262. The Hall–Kier alpha value is -2.88. The van der Waals surface area contributed by atoms with Crippen LogP contribution in [-0.2, 0) is 10.0 Å². The van der Waals surface area contributed by atoms with Crippen molar-refractivity contribution in [2.24, 2.45) is 0 Å². The van der Waals surface area contributed by atoms with Crippen molar-refractivity contribution in [1.29, 1.82) is 0 Å². The van der Waals surface area contributed by atoms with Gasteiger partial charge in [0.1, 0.15) is 0 Å². The number of hydrogen-bond acceptors (Lipinski definition) is 5. The Morgan fingerprint density at radius 2 is 1.85 bits per heavy atom. The quantitative estimate of drug-likeness (QED) is 0.584. The fraction of sp³-hybridized carbons (Fsp3) is 0.312. The maximum absolute atomic E-state index is 12.6. The van der Waals surface area contributed by atoms with E-state index in [2.05, 4.69) is 15.0 Å². The van der Waals surface area contributed by atoms with Crippen LogP contribution >= 0.6 is 0 Å². The van der Waals surface area contributed by atoms with E-state index in [9.17, 15) is 22.8 Å². The third-order valence-corrected chi connectivity index (χ3v) is 5.27. The topological polar surface area (TPSA) is 141 Å². The number of H-pyrrole nitrogens is 2. The summed E-state index contributed by atoms with van der Waals surface area (Å²) in [5.41, 5.74) is -1.80. The van der Waals surface area contributed by atoms with E-state index in [0.717, 1.165) is 0 Å².